The zero-order chi connectivity index (χ0) is 22.9. The molecule has 2 saturated heterocycles. The molecule has 2 amide bonds. The molecular weight excluding hydrogens is 452 g/mol. The number of rotatable bonds is 6. The van der Waals surface area contributed by atoms with Crippen molar-refractivity contribution in [1.29, 1.82) is 0 Å². The second-order valence-electron chi connectivity index (χ2n) is 8.27. The highest BCUT2D eigenvalue weighted by Gasteiger charge is 2.37. The summed E-state index contributed by atoms with van der Waals surface area (Å²) >= 11 is 1.32. The molecule has 2 aliphatic heterocycles. The summed E-state index contributed by atoms with van der Waals surface area (Å²) in [5, 5.41) is 9.40. The monoisotopic (exact) mass is 480 g/mol. The minimum Gasteiger partial charge on any atom is -0.341 e. The predicted molar refractivity (Wildman–Crippen MR) is 120 cm³/mol. The number of likely N-dealkylation sites (tertiary alicyclic amines) is 1. The van der Waals surface area contributed by atoms with E-state index in [1.807, 2.05) is 0 Å². The zero-order valence-electron chi connectivity index (χ0n) is 18.3. The van der Waals surface area contributed by atoms with E-state index in [1.165, 1.54) is 20.3 Å². The minimum absolute atomic E-state index is 0.0288. The Hall–Kier alpha value is -2.31. The van der Waals surface area contributed by atoms with Gasteiger partial charge in [-0.05, 0) is 39.5 Å². The summed E-state index contributed by atoms with van der Waals surface area (Å²) < 4.78 is 29.9. The molecule has 10 nitrogen and oxygen atoms in total. The van der Waals surface area contributed by atoms with Crippen LogP contribution in [-0.4, -0.2) is 70.4 Å². The first-order valence-corrected chi connectivity index (χ1v) is 13.1. The van der Waals surface area contributed by atoms with E-state index in [-0.39, 0.29) is 29.8 Å². The van der Waals surface area contributed by atoms with Gasteiger partial charge < -0.3 is 10.2 Å². The molecule has 4 heterocycles. The Kier molecular flexibility index (Phi) is 6.63. The molecule has 12 heteroatoms. The van der Waals surface area contributed by atoms with E-state index >= 15 is 0 Å². The van der Waals surface area contributed by atoms with E-state index in [1.54, 1.807) is 30.3 Å². The van der Waals surface area contributed by atoms with Crippen LogP contribution in [0.5, 0.6) is 0 Å². The van der Waals surface area contributed by atoms with Crippen LogP contribution in [0.25, 0.3) is 0 Å². The van der Waals surface area contributed by atoms with Gasteiger partial charge in [-0.25, -0.2) is 13.4 Å². The molecule has 0 aromatic carbocycles. The van der Waals surface area contributed by atoms with Crippen molar-refractivity contribution in [2.24, 2.45) is 5.92 Å². The van der Waals surface area contributed by atoms with Crippen LogP contribution in [0.4, 0.5) is 5.13 Å². The molecule has 1 N–H and O–H groups in total. The SMILES string of the molecule is Cc1nn(CC(=O)N2CCCC2)c(C)c1S(=O)(=O)N1CCC[C@H](C(=O)Nc2nccs2)C1. The summed E-state index contributed by atoms with van der Waals surface area (Å²) in [7, 11) is -3.85. The van der Waals surface area contributed by atoms with Gasteiger partial charge in [0.15, 0.2) is 5.13 Å². The maximum absolute atomic E-state index is 13.5. The fourth-order valence-corrected chi connectivity index (χ4v) is 6.83. The van der Waals surface area contributed by atoms with Crippen LogP contribution in [0.1, 0.15) is 37.1 Å². The van der Waals surface area contributed by atoms with Crippen LogP contribution in [0, 0.1) is 19.8 Å². The van der Waals surface area contributed by atoms with Crippen molar-refractivity contribution in [3.8, 4) is 0 Å². The number of nitrogens with zero attached hydrogens (tertiary/aromatic N) is 5. The molecule has 1 atom stereocenters. The number of anilines is 1. The number of amides is 2. The van der Waals surface area contributed by atoms with Gasteiger partial charge in [-0.15, -0.1) is 11.3 Å². The van der Waals surface area contributed by atoms with Crippen LogP contribution < -0.4 is 5.32 Å². The Bertz CT molecular complexity index is 1090. The van der Waals surface area contributed by atoms with Crippen LogP contribution >= 0.6 is 11.3 Å². The maximum Gasteiger partial charge on any atom is 0.246 e. The summed E-state index contributed by atoms with van der Waals surface area (Å²) in [6.07, 6.45) is 4.80. The summed E-state index contributed by atoms with van der Waals surface area (Å²) in [5.41, 5.74) is 0.815. The van der Waals surface area contributed by atoms with Crippen molar-refractivity contribution in [3.63, 3.8) is 0 Å². The van der Waals surface area contributed by atoms with E-state index < -0.39 is 15.9 Å². The number of aromatic nitrogens is 3. The van der Waals surface area contributed by atoms with Crippen LogP contribution in [0.2, 0.25) is 0 Å². The first-order valence-electron chi connectivity index (χ1n) is 10.8. The Morgan fingerprint density at radius 1 is 1.19 bits per heavy atom. The van der Waals surface area contributed by atoms with Crippen LogP contribution in [0.3, 0.4) is 0 Å². The number of carbonyl (C=O) groups excluding carboxylic acids is 2. The van der Waals surface area contributed by atoms with Crippen LogP contribution in [0.15, 0.2) is 16.5 Å². The molecule has 4 rings (SSSR count). The molecule has 2 aliphatic rings. The third-order valence-corrected chi connectivity index (χ3v) is 8.88. The van der Waals surface area contributed by atoms with Crippen molar-refractivity contribution in [1.82, 2.24) is 24.0 Å². The van der Waals surface area contributed by atoms with Crippen LogP contribution in [-0.2, 0) is 26.2 Å². The molecule has 0 bridgehead atoms. The molecule has 2 aromatic rings. The lowest BCUT2D eigenvalue weighted by atomic mass is 9.99. The first-order chi connectivity index (χ1) is 15.3. The van der Waals surface area contributed by atoms with Gasteiger partial charge >= 0.3 is 0 Å². The van der Waals surface area contributed by atoms with Gasteiger partial charge in [0.2, 0.25) is 21.8 Å². The average molecular weight is 481 g/mol. The van der Waals surface area contributed by atoms with Crippen molar-refractivity contribution in [2.75, 3.05) is 31.5 Å². The van der Waals surface area contributed by atoms with Gasteiger partial charge in [-0.2, -0.15) is 9.40 Å². The van der Waals surface area contributed by atoms with Gasteiger partial charge in [-0.1, -0.05) is 0 Å². The molecule has 32 heavy (non-hydrogen) atoms. The summed E-state index contributed by atoms with van der Waals surface area (Å²) in [5.74, 6) is -0.719. The second-order valence-corrected chi connectivity index (χ2v) is 11.0. The maximum atomic E-state index is 13.5. The lowest BCUT2D eigenvalue weighted by Gasteiger charge is -2.31. The largest absolute Gasteiger partial charge is 0.341 e. The number of hydrogen-bond donors (Lipinski definition) is 1. The molecular formula is C20H28N6O4S2. The van der Waals surface area contributed by atoms with E-state index in [4.69, 9.17) is 0 Å². The second kappa shape index (κ2) is 9.28. The summed E-state index contributed by atoms with van der Waals surface area (Å²) in [6, 6.07) is 0. The molecule has 0 saturated carbocycles. The fraction of sp³-hybridized carbons (Fsp3) is 0.600. The average Bonchev–Trinajstić information content (AvgIpc) is 3.51. The summed E-state index contributed by atoms with van der Waals surface area (Å²) in [6.45, 7) is 5.29. The van der Waals surface area contributed by atoms with Gasteiger partial charge in [0, 0.05) is 37.8 Å². The third kappa shape index (κ3) is 4.57. The Labute approximate surface area is 191 Å². The highest BCUT2D eigenvalue weighted by Crippen LogP contribution is 2.28. The topological polar surface area (TPSA) is 118 Å². The third-order valence-electron chi connectivity index (χ3n) is 6.07. The Morgan fingerprint density at radius 3 is 2.62 bits per heavy atom. The number of aryl methyl sites for hydroxylation is 1. The van der Waals surface area contributed by atoms with E-state index in [9.17, 15) is 18.0 Å². The fourth-order valence-electron chi connectivity index (χ4n) is 4.40. The zero-order valence-corrected chi connectivity index (χ0v) is 19.9. The highest BCUT2D eigenvalue weighted by molar-refractivity contribution is 7.89. The van der Waals surface area contributed by atoms with E-state index in [0.29, 0.717) is 35.9 Å². The van der Waals surface area contributed by atoms with E-state index in [0.717, 1.165) is 25.9 Å². The van der Waals surface area contributed by atoms with Gasteiger partial charge in [-0.3, -0.25) is 14.3 Å². The smallest absolute Gasteiger partial charge is 0.246 e. The van der Waals surface area contributed by atoms with Crippen molar-refractivity contribution in [3.05, 3.63) is 23.0 Å². The standard InChI is InChI=1S/C20H28N6O4S2/c1-14-18(15(2)26(23-14)13-17(27)24-8-3-4-9-24)32(29,30)25-10-5-6-16(12-25)19(28)22-20-21-7-11-31-20/h7,11,16H,3-6,8-10,12-13H2,1-2H3,(H,21,22,28)/t16-/m0/s1. The first kappa shape index (κ1) is 22.9. The molecule has 0 aliphatic carbocycles. The number of carbonyl (C=O) groups is 2. The number of sulfonamides is 1. The Morgan fingerprint density at radius 2 is 1.94 bits per heavy atom. The molecule has 2 aromatic heterocycles. The van der Waals surface area contributed by atoms with Crippen molar-refractivity contribution >= 4 is 38.3 Å². The molecule has 174 valence electrons. The number of nitrogens with one attached hydrogen (secondary N) is 1. The van der Waals surface area contributed by atoms with Gasteiger partial charge in [0.25, 0.3) is 0 Å². The molecule has 0 unspecified atom stereocenters. The number of thiazole rings is 1. The van der Waals surface area contributed by atoms with Crippen molar-refractivity contribution in [2.45, 2.75) is 51.0 Å². The van der Waals surface area contributed by atoms with E-state index in [2.05, 4.69) is 15.4 Å². The highest BCUT2D eigenvalue weighted by atomic mass is 32.2. The Balaban J connectivity index is 1.50. The quantitative estimate of drug-likeness (QED) is 0.671. The lowest BCUT2D eigenvalue weighted by Crippen LogP contribution is -2.44. The molecule has 0 radical (unpaired) electrons. The summed E-state index contributed by atoms with van der Waals surface area (Å²) in [4.78, 5) is 31.2. The number of piperidine rings is 1. The minimum atomic E-state index is -3.85. The molecule has 0 spiro atoms. The normalized spacial score (nSPS) is 19.9. The van der Waals surface area contributed by atoms with Crippen molar-refractivity contribution < 1.29 is 18.0 Å². The predicted octanol–water partition coefficient (Wildman–Crippen LogP) is 1.62. The molecule has 2 fully saturated rings. The lowest BCUT2D eigenvalue weighted by molar-refractivity contribution is -0.131. The number of hydrogen-bond acceptors (Lipinski definition) is 7. The van der Waals surface area contributed by atoms with Gasteiger partial charge in [0.05, 0.1) is 17.3 Å². The van der Waals surface area contributed by atoms with Gasteiger partial charge in [0.1, 0.15) is 11.4 Å².